The monoisotopic (exact) mass is 647 g/mol. The highest BCUT2D eigenvalue weighted by Crippen LogP contribution is 2.34. The minimum absolute atomic E-state index is 0.0479. The second kappa shape index (κ2) is 13.3. The van der Waals surface area contributed by atoms with Gasteiger partial charge in [0.15, 0.2) is 5.43 Å². The molecule has 2 saturated heterocycles. The Morgan fingerprint density at radius 3 is 2.53 bits per heavy atom. The van der Waals surface area contributed by atoms with Crippen LogP contribution in [0, 0.1) is 19.7 Å². The number of aromatic nitrogens is 3. The molecule has 0 bridgehead atoms. The van der Waals surface area contributed by atoms with Gasteiger partial charge < -0.3 is 20.1 Å². The minimum Gasteiger partial charge on any atom is -0.369 e. The summed E-state index contributed by atoms with van der Waals surface area (Å²) in [6.45, 7) is 10.2. The van der Waals surface area contributed by atoms with E-state index in [9.17, 15) is 13.6 Å². The summed E-state index contributed by atoms with van der Waals surface area (Å²) in [5.74, 6) is -3.82. The fourth-order valence-electron chi connectivity index (χ4n) is 6.96. The predicted octanol–water partition coefficient (Wildman–Crippen LogP) is 5.97. The van der Waals surface area contributed by atoms with Gasteiger partial charge in [0.05, 0.1) is 35.7 Å². The molecule has 8 nitrogen and oxygen atoms in total. The molecule has 2 aliphatic heterocycles. The topological polar surface area (TPSA) is 83.5 Å². The van der Waals surface area contributed by atoms with Crippen molar-refractivity contribution in [3.05, 3.63) is 93.5 Å². The number of alkyl halides is 2. The van der Waals surface area contributed by atoms with Gasteiger partial charge in [-0.25, -0.2) is 13.2 Å². The molecule has 5 heterocycles. The van der Waals surface area contributed by atoms with Crippen molar-refractivity contribution in [2.75, 3.05) is 36.0 Å². The Kier molecular flexibility index (Phi) is 9.31. The third-order valence-corrected chi connectivity index (χ3v) is 9.62. The molecule has 47 heavy (non-hydrogen) atoms. The molecule has 1 aromatic carbocycles. The minimum atomic E-state index is -3.14. The summed E-state index contributed by atoms with van der Waals surface area (Å²) in [5.41, 5.74) is 10.6. The largest absolute Gasteiger partial charge is 0.369 e. The van der Waals surface area contributed by atoms with Crippen LogP contribution in [0.3, 0.4) is 0 Å². The van der Waals surface area contributed by atoms with Crippen molar-refractivity contribution in [2.45, 2.75) is 84.1 Å². The molecule has 4 aromatic rings. The van der Waals surface area contributed by atoms with E-state index < -0.39 is 24.3 Å². The number of anilines is 2. The van der Waals surface area contributed by atoms with Crippen LogP contribution in [-0.2, 0) is 13.1 Å². The standard InChI is InChI=1S/C36H44F3N7O/c1-23(2)46-20-27(35(47)30-15-31(37)33(16-32(30)46)44-13-10-34(40)36(38,39)22-44)19-45(18-26-9-11-41-25(4)14-26)29-6-5-12-43(21-29)28-8-7-24(3)42-17-28/h7-9,11,14-17,20,23,29,34H,5-6,10,12-13,18-19,21-22,40H2,1-4H3/t29-,34-/m0/s1. The summed E-state index contributed by atoms with van der Waals surface area (Å²) in [4.78, 5) is 29.1. The van der Waals surface area contributed by atoms with Crippen LogP contribution in [0.5, 0.6) is 0 Å². The zero-order valence-corrected chi connectivity index (χ0v) is 27.6. The maximum absolute atomic E-state index is 15.7. The van der Waals surface area contributed by atoms with E-state index in [0.29, 0.717) is 24.2 Å². The molecule has 0 aliphatic carbocycles. The summed E-state index contributed by atoms with van der Waals surface area (Å²) >= 11 is 0. The van der Waals surface area contributed by atoms with Crippen LogP contribution in [0.15, 0.2) is 59.8 Å². The van der Waals surface area contributed by atoms with E-state index in [0.717, 1.165) is 48.6 Å². The number of hydrogen-bond donors (Lipinski definition) is 1. The maximum atomic E-state index is 15.7. The smallest absolute Gasteiger partial charge is 0.280 e. The Morgan fingerprint density at radius 2 is 1.83 bits per heavy atom. The molecule has 0 unspecified atom stereocenters. The molecule has 0 amide bonds. The number of piperidine rings is 2. The van der Waals surface area contributed by atoms with Crippen LogP contribution in [0.25, 0.3) is 10.9 Å². The molecule has 3 aromatic heterocycles. The number of rotatable bonds is 8. The van der Waals surface area contributed by atoms with Crippen molar-refractivity contribution < 1.29 is 13.2 Å². The summed E-state index contributed by atoms with van der Waals surface area (Å²) in [6.07, 6.45) is 7.60. The van der Waals surface area contributed by atoms with Gasteiger partial charge in [-0.05, 0) is 88.9 Å². The van der Waals surface area contributed by atoms with Gasteiger partial charge in [0.25, 0.3) is 5.92 Å². The Balaban J connectivity index is 1.37. The molecule has 0 radical (unpaired) electrons. The lowest BCUT2D eigenvalue weighted by atomic mass is 10.00. The Bertz CT molecular complexity index is 1790. The molecule has 0 saturated carbocycles. The molecule has 2 N–H and O–H groups in total. The van der Waals surface area contributed by atoms with Crippen LogP contribution in [0.4, 0.5) is 24.5 Å². The van der Waals surface area contributed by atoms with Crippen LogP contribution in [0.2, 0.25) is 0 Å². The Hall–Kier alpha value is -3.96. The third-order valence-electron chi connectivity index (χ3n) is 9.62. The van der Waals surface area contributed by atoms with E-state index in [-0.39, 0.29) is 41.6 Å². The zero-order valence-electron chi connectivity index (χ0n) is 27.6. The van der Waals surface area contributed by atoms with E-state index in [1.165, 1.54) is 11.0 Å². The Labute approximate surface area is 274 Å². The quantitative estimate of drug-likeness (QED) is 0.252. The van der Waals surface area contributed by atoms with Gasteiger partial charge in [0.2, 0.25) is 0 Å². The van der Waals surface area contributed by atoms with Gasteiger partial charge in [-0.3, -0.25) is 19.7 Å². The van der Waals surface area contributed by atoms with Crippen LogP contribution >= 0.6 is 0 Å². The SMILES string of the molecule is Cc1ccc(N2CCC[C@H](N(Cc3ccnc(C)c3)Cc3cn(C(C)C)c4cc(N5CC[C@H](N)C(F)(F)C5)c(F)cc4c3=O)C2)cn1. The molecule has 2 fully saturated rings. The fraction of sp³-hybridized carbons (Fsp3) is 0.472. The first-order valence-electron chi connectivity index (χ1n) is 16.5. The third kappa shape index (κ3) is 7.01. The average Bonchev–Trinajstić information content (AvgIpc) is 3.03. The van der Waals surface area contributed by atoms with E-state index in [4.69, 9.17) is 5.73 Å². The van der Waals surface area contributed by atoms with E-state index >= 15 is 4.39 Å². The first kappa shape index (κ1) is 33.0. The molecule has 2 aliphatic rings. The molecular weight excluding hydrogens is 603 g/mol. The number of nitrogens with two attached hydrogens (primary N) is 1. The summed E-state index contributed by atoms with van der Waals surface area (Å²) in [7, 11) is 0. The highest BCUT2D eigenvalue weighted by molar-refractivity contribution is 5.84. The molecule has 2 atom stereocenters. The normalized spacial score (nSPS) is 20.0. The van der Waals surface area contributed by atoms with E-state index in [2.05, 4.69) is 31.9 Å². The van der Waals surface area contributed by atoms with Crippen LogP contribution in [0.1, 0.15) is 61.7 Å². The number of fused-ring (bicyclic) bond motifs is 1. The highest BCUT2D eigenvalue weighted by atomic mass is 19.3. The number of aryl methyl sites for hydroxylation is 2. The number of benzene rings is 1. The highest BCUT2D eigenvalue weighted by Gasteiger charge is 2.43. The van der Waals surface area contributed by atoms with Gasteiger partial charge >= 0.3 is 0 Å². The summed E-state index contributed by atoms with van der Waals surface area (Å²) in [5, 5.41) is 0.244. The van der Waals surface area contributed by atoms with Crippen molar-refractivity contribution in [1.29, 1.82) is 0 Å². The molecular formula is C36H44F3N7O. The summed E-state index contributed by atoms with van der Waals surface area (Å²) in [6, 6.07) is 9.80. The van der Waals surface area contributed by atoms with Gasteiger partial charge in [0.1, 0.15) is 5.82 Å². The van der Waals surface area contributed by atoms with Gasteiger partial charge in [0, 0.05) is 79.5 Å². The lowest BCUT2D eigenvalue weighted by Gasteiger charge is -2.40. The lowest BCUT2D eigenvalue weighted by molar-refractivity contribution is -0.0301. The molecule has 6 rings (SSSR count). The second-order valence-corrected chi connectivity index (χ2v) is 13.5. The molecule has 11 heteroatoms. The van der Waals surface area contributed by atoms with Gasteiger partial charge in [-0.15, -0.1) is 0 Å². The van der Waals surface area contributed by atoms with E-state index in [1.807, 2.05) is 63.0 Å². The first-order chi connectivity index (χ1) is 22.4. The zero-order chi connectivity index (χ0) is 33.5. The van der Waals surface area contributed by atoms with Crippen molar-refractivity contribution in [3.63, 3.8) is 0 Å². The fourth-order valence-corrected chi connectivity index (χ4v) is 6.96. The number of nitrogens with zero attached hydrogens (tertiary/aromatic N) is 6. The van der Waals surface area contributed by atoms with Crippen LogP contribution in [-0.4, -0.2) is 63.6 Å². The number of pyridine rings is 3. The van der Waals surface area contributed by atoms with Crippen molar-refractivity contribution in [2.24, 2.45) is 5.73 Å². The molecule has 0 spiro atoms. The average molecular weight is 648 g/mol. The lowest BCUT2D eigenvalue weighted by Crippen LogP contribution is -2.55. The van der Waals surface area contributed by atoms with Crippen molar-refractivity contribution in [1.82, 2.24) is 19.4 Å². The number of hydrogen-bond acceptors (Lipinski definition) is 7. The first-order valence-corrected chi connectivity index (χ1v) is 16.5. The second-order valence-electron chi connectivity index (χ2n) is 13.5. The number of halogens is 3. The van der Waals surface area contributed by atoms with Crippen molar-refractivity contribution in [3.8, 4) is 0 Å². The van der Waals surface area contributed by atoms with E-state index in [1.54, 1.807) is 6.07 Å². The van der Waals surface area contributed by atoms with Crippen molar-refractivity contribution >= 4 is 22.3 Å². The maximum Gasteiger partial charge on any atom is 0.280 e. The van der Waals surface area contributed by atoms with Gasteiger partial charge in [-0.2, -0.15) is 0 Å². The Morgan fingerprint density at radius 1 is 1.02 bits per heavy atom. The van der Waals surface area contributed by atoms with Crippen LogP contribution < -0.4 is 21.0 Å². The predicted molar refractivity (Wildman–Crippen MR) is 181 cm³/mol. The van der Waals surface area contributed by atoms with Gasteiger partial charge in [-0.1, -0.05) is 0 Å². The molecule has 250 valence electrons. The summed E-state index contributed by atoms with van der Waals surface area (Å²) < 4.78 is 46.7.